The zero-order valence-electron chi connectivity index (χ0n) is 7.00. The third-order valence-corrected chi connectivity index (χ3v) is 1.58. The first-order valence-electron chi connectivity index (χ1n) is 3.68. The molecular formula is C7H16ClNO2. The minimum Gasteiger partial charge on any atom is -0.382 e. The molecule has 0 unspecified atom stereocenters. The molecule has 1 aliphatic heterocycles. The van der Waals surface area contributed by atoms with E-state index in [0.29, 0.717) is 12.7 Å². The molecule has 11 heavy (non-hydrogen) atoms. The van der Waals surface area contributed by atoms with Gasteiger partial charge in [0.05, 0.1) is 18.8 Å². The molecule has 0 saturated carbocycles. The maximum Gasteiger partial charge on any atom is 0.0936 e. The van der Waals surface area contributed by atoms with E-state index >= 15 is 0 Å². The van der Waals surface area contributed by atoms with Gasteiger partial charge in [0, 0.05) is 20.2 Å². The number of rotatable bonds is 2. The topological polar surface area (TPSA) is 30.5 Å². The average Bonchev–Trinajstić information content (AvgIpc) is 1.88. The molecule has 0 bridgehead atoms. The molecule has 68 valence electrons. The van der Waals surface area contributed by atoms with E-state index in [1.54, 1.807) is 7.11 Å². The standard InChI is InChI=1S/C7H15NO2.ClH/c1-6-3-8-4-7(10-6)5-9-2;/h6-8H,3-5H2,1-2H3;1H/t6-,7-;/m0./s1. The fourth-order valence-corrected chi connectivity index (χ4v) is 1.16. The molecule has 0 spiro atoms. The quantitative estimate of drug-likeness (QED) is 0.671. The summed E-state index contributed by atoms with van der Waals surface area (Å²) in [4.78, 5) is 0. The Morgan fingerprint density at radius 3 is 2.82 bits per heavy atom. The van der Waals surface area contributed by atoms with Crippen molar-refractivity contribution in [1.29, 1.82) is 0 Å². The second-order valence-corrected chi connectivity index (χ2v) is 2.68. The first-order valence-corrected chi connectivity index (χ1v) is 3.68. The summed E-state index contributed by atoms with van der Waals surface area (Å²) in [5.41, 5.74) is 0. The second-order valence-electron chi connectivity index (χ2n) is 2.68. The van der Waals surface area contributed by atoms with Crippen LogP contribution in [0.25, 0.3) is 0 Å². The monoisotopic (exact) mass is 181 g/mol. The van der Waals surface area contributed by atoms with Gasteiger partial charge >= 0.3 is 0 Å². The molecule has 0 radical (unpaired) electrons. The van der Waals surface area contributed by atoms with E-state index in [0.717, 1.165) is 13.1 Å². The molecule has 0 aliphatic carbocycles. The van der Waals surface area contributed by atoms with E-state index in [9.17, 15) is 0 Å². The van der Waals surface area contributed by atoms with Crippen molar-refractivity contribution in [2.45, 2.75) is 19.1 Å². The summed E-state index contributed by atoms with van der Waals surface area (Å²) < 4.78 is 10.5. The van der Waals surface area contributed by atoms with Gasteiger partial charge in [0.25, 0.3) is 0 Å². The normalized spacial score (nSPS) is 31.1. The molecule has 1 rings (SSSR count). The lowest BCUT2D eigenvalue weighted by Gasteiger charge is -2.27. The number of methoxy groups -OCH3 is 1. The van der Waals surface area contributed by atoms with Crippen LogP contribution in [-0.2, 0) is 9.47 Å². The summed E-state index contributed by atoms with van der Waals surface area (Å²) in [6.45, 7) is 4.63. The Bertz CT molecular complexity index is 100. The van der Waals surface area contributed by atoms with Crippen molar-refractivity contribution in [2.24, 2.45) is 0 Å². The van der Waals surface area contributed by atoms with Crippen molar-refractivity contribution in [2.75, 3.05) is 26.8 Å². The van der Waals surface area contributed by atoms with E-state index in [1.807, 2.05) is 0 Å². The van der Waals surface area contributed by atoms with Gasteiger partial charge in [0.2, 0.25) is 0 Å². The third kappa shape index (κ3) is 3.91. The zero-order chi connectivity index (χ0) is 7.40. The van der Waals surface area contributed by atoms with Gasteiger partial charge in [0.15, 0.2) is 0 Å². The molecule has 1 heterocycles. The van der Waals surface area contributed by atoms with Gasteiger partial charge in [-0.05, 0) is 6.92 Å². The maximum atomic E-state index is 5.54. The average molecular weight is 182 g/mol. The lowest BCUT2D eigenvalue weighted by atomic mass is 10.2. The highest BCUT2D eigenvalue weighted by molar-refractivity contribution is 5.85. The van der Waals surface area contributed by atoms with Gasteiger partial charge in [-0.1, -0.05) is 0 Å². The molecule has 1 saturated heterocycles. The van der Waals surface area contributed by atoms with Crippen LogP contribution in [0, 0.1) is 0 Å². The SMILES string of the molecule is COC[C@@H]1CNC[C@H](C)O1.Cl. The largest absolute Gasteiger partial charge is 0.382 e. The number of morpholine rings is 1. The van der Waals surface area contributed by atoms with Crippen LogP contribution >= 0.6 is 12.4 Å². The number of hydrogen-bond donors (Lipinski definition) is 1. The molecule has 0 aromatic carbocycles. The Hall–Kier alpha value is 0.170. The number of nitrogens with one attached hydrogen (secondary N) is 1. The molecule has 1 N–H and O–H groups in total. The highest BCUT2D eigenvalue weighted by atomic mass is 35.5. The minimum atomic E-state index is 0. The van der Waals surface area contributed by atoms with E-state index in [4.69, 9.17) is 9.47 Å². The van der Waals surface area contributed by atoms with Crippen LogP contribution < -0.4 is 5.32 Å². The van der Waals surface area contributed by atoms with Crippen molar-refractivity contribution in [3.05, 3.63) is 0 Å². The molecule has 0 aromatic heterocycles. The Kier molecular flexibility index (Phi) is 5.86. The molecule has 0 aromatic rings. The van der Waals surface area contributed by atoms with E-state index in [1.165, 1.54) is 0 Å². The summed E-state index contributed by atoms with van der Waals surface area (Å²) in [6.07, 6.45) is 0.572. The molecule has 0 amide bonds. The predicted molar refractivity (Wildman–Crippen MR) is 46.3 cm³/mol. The highest BCUT2D eigenvalue weighted by Crippen LogP contribution is 2.02. The van der Waals surface area contributed by atoms with Crippen molar-refractivity contribution in [1.82, 2.24) is 5.32 Å². The molecule has 3 nitrogen and oxygen atoms in total. The van der Waals surface area contributed by atoms with Gasteiger partial charge in [0.1, 0.15) is 0 Å². The Balaban J connectivity index is 0.000001000. The smallest absolute Gasteiger partial charge is 0.0936 e. The van der Waals surface area contributed by atoms with Crippen LogP contribution in [0.4, 0.5) is 0 Å². The van der Waals surface area contributed by atoms with Gasteiger partial charge in [-0.15, -0.1) is 12.4 Å². The molecular weight excluding hydrogens is 166 g/mol. The Morgan fingerprint density at radius 1 is 1.55 bits per heavy atom. The Labute approximate surface area is 73.9 Å². The van der Waals surface area contributed by atoms with Crippen molar-refractivity contribution < 1.29 is 9.47 Å². The first-order chi connectivity index (χ1) is 4.83. The maximum absolute atomic E-state index is 5.54. The van der Waals surface area contributed by atoms with Crippen molar-refractivity contribution in [3.63, 3.8) is 0 Å². The van der Waals surface area contributed by atoms with Crippen LogP contribution in [-0.4, -0.2) is 39.0 Å². The lowest BCUT2D eigenvalue weighted by Crippen LogP contribution is -2.45. The van der Waals surface area contributed by atoms with E-state index < -0.39 is 0 Å². The van der Waals surface area contributed by atoms with Crippen LogP contribution in [0.2, 0.25) is 0 Å². The predicted octanol–water partition coefficient (Wildman–Crippen LogP) is 0.432. The summed E-state index contributed by atoms with van der Waals surface area (Å²) in [5.74, 6) is 0. The summed E-state index contributed by atoms with van der Waals surface area (Å²) >= 11 is 0. The number of halogens is 1. The van der Waals surface area contributed by atoms with E-state index in [-0.39, 0.29) is 18.5 Å². The van der Waals surface area contributed by atoms with Crippen LogP contribution in [0.15, 0.2) is 0 Å². The fourth-order valence-electron chi connectivity index (χ4n) is 1.16. The Morgan fingerprint density at radius 2 is 2.27 bits per heavy atom. The molecule has 4 heteroatoms. The molecule has 1 aliphatic rings. The van der Waals surface area contributed by atoms with E-state index in [2.05, 4.69) is 12.2 Å². The second kappa shape index (κ2) is 5.77. The van der Waals surface area contributed by atoms with Crippen LogP contribution in [0.5, 0.6) is 0 Å². The summed E-state index contributed by atoms with van der Waals surface area (Å²) in [5, 5.41) is 3.26. The zero-order valence-corrected chi connectivity index (χ0v) is 7.82. The summed E-state index contributed by atoms with van der Waals surface area (Å²) in [7, 11) is 1.70. The molecule has 2 atom stereocenters. The number of hydrogen-bond acceptors (Lipinski definition) is 3. The van der Waals surface area contributed by atoms with Crippen LogP contribution in [0.1, 0.15) is 6.92 Å². The van der Waals surface area contributed by atoms with Gasteiger partial charge in [-0.25, -0.2) is 0 Å². The third-order valence-electron chi connectivity index (χ3n) is 1.58. The molecule has 1 fully saturated rings. The highest BCUT2D eigenvalue weighted by Gasteiger charge is 2.17. The van der Waals surface area contributed by atoms with Gasteiger partial charge < -0.3 is 14.8 Å². The van der Waals surface area contributed by atoms with Gasteiger partial charge in [-0.3, -0.25) is 0 Å². The van der Waals surface area contributed by atoms with Gasteiger partial charge in [-0.2, -0.15) is 0 Å². The fraction of sp³-hybridized carbons (Fsp3) is 1.00. The van der Waals surface area contributed by atoms with Crippen molar-refractivity contribution >= 4 is 12.4 Å². The lowest BCUT2D eigenvalue weighted by molar-refractivity contribution is -0.0602. The van der Waals surface area contributed by atoms with Crippen molar-refractivity contribution in [3.8, 4) is 0 Å². The summed E-state index contributed by atoms with van der Waals surface area (Å²) in [6, 6.07) is 0. The van der Waals surface area contributed by atoms with Crippen LogP contribution in [0.3, 0.4) is 0 Å². The first kappa shape index (κ1) is 11.2. The minimum absolute atomic E-state index is 0. The number of ether oxygens (including phenoxy) is 2.